The Morgan fingerprint density at radius 3 is 2.81 bits per heavy atom. The summed E-state index contributed by atoms with van der Waals surface area (Å²) in [5.41, 5.74) is 4.64. The molecule has 4 heterocycles. The Kier molecular flexibility index (Phi) is 4.86. The van der Waals surface area contributed by atoms with Crippen LogP contribution in [0.1, 0.15) is 45.3 Å². The van der Waals surface area contributed by atoms with E-state index in [4.69, 9.17) is 4.42 Å². The molecule has 0 aromatic carbocycles. The van der Waals surface area contributed by atoms with E-state index >= 15 is 0 Å². The quantitative estimate of drug-likeness (QED) is 0.425. The van der Waals surface area contributed by atoms with Gasteiger partial charge in [0.05, 0.1) is 16.1 Å². The summed E-state index contributed by atoms with van der Waals surface area (Å²) in [7, 11) is 1.55. The number of thiophene rings is 1. The van der Waals surface area contributed by atoms with Gasteiger partial charge in [0.25, 0.3) is 5.89 Å². The zero-order valence-electron chi connectivity index (χ0n) is 17.2. The van der Waals surface area contributed by atoms with Crippen molar-refractivity contribution < 1.29 is 9.21 Å². The summed E-state index contributed by atoms with van der Waals surface area (Å²) in [5.74, 6) is 0.238. The molecule has 156 valence electrons. The number of rotatable bonds is 6. The summed E-state index contributed by atoms with van der Waals surface area (Å²) in [4.78, 5) is 35.0. The zero-order valence-corrected chi connectivity index (χ0v) is 18.0. The summed E-state index contributed by atoms with van der Waals surface area (Å²) in [6.07, 6.45) is 7.75. The minimum atomic E-state index is -0.516. The van der Waals surface area contributed by atoms with Gasteiger partial charge in [-0.15, -0.1) is 16.4 Å². The third kappa shape index (κ3) is 3.86. The number of aryl methyl sites for hydroxylation is 2. The average Bonchev–Trinajstić information content (AvgIpc) is 3.39. The van der Waals surface area contributed by atoms with Gasteiger partial charge in [0.1, 0.15) is 0 Å². The number of carbonyl (C=O) groups excluding carboxylic acids is 1. The second kappa shape index (κ2) is 7.70. The zero-order chi connectivity index (χ0) is 21.5. The normalized spacial score (nSPS) is 13.5. The molecule has 4 aromatic rings. The lowest BCUT2D eigenvalue weighted by atomic mass is 10.0. The van der Waals surface area contributed by atoms with Crippen LogP contribution in [0.5, 0.6) is 0 Å². The highest BCUT2D eigenvalue weighted by molar-refractivity contribution is 7.17. The molecule has 0 N–H and O–H groups in total. The van der Waals surface area contributed by atoms with Gasteiger partial charge in [-0.1, -0.05) is 0 Å². The van der Waals surface area contributed by atoms with Crippen LogP contribution in [0.4, 0.5) is 0 Å². The van der Waals surface area contributed by atoms with Gasteiger partial charge in [-0.25, -0.2) is 4.79 Å². The summed E-state index contributed by atoms with van der Waals surface area (Å²) in [6.45, 7) is 1.96. The van der Waals surface area contributed by atoms with Crippen LogP contribution >= 0.6 is 11.3 Å². The molecule has 0 atom stereocenters. The highest BCUT2D eigenvalue weighted by Crippen LogP contribution is 2.45. The van der Waals surface area contributed by atoms with Crippen molar-refractivity contribution >= 4 is 17.1 Å². The molecule has 1 aliphatic rings. The fraction of sp³-hybridized carbons (Fsp3) is 0.261. The van der Waals surface area contributed by atoms with Gasteiger partial charge < -0.3 is 4.42 Å². The number of aromatic nitrogens is 4. The van der Waals surface area contributed by atoms with E-state index in [0.29, 0.717) is 22.8 Å². The highest BCUT2D eigenvalue weighted by Gasteiger charge is 2.29. The van der Waals surface area contributed by atoms with Crippen LogP contribution in [0, 0.1) is 6.92 Å². The van der Waals surface area contributed by atoms with Crippen LogP contribution in [-0.4, -0.2) is 25.5 Å². The average molecular weight is 433 g/mol. The molecule has 5 rings (SSSR count). The SMILES string of the molecule is Cc1cnccc1CC(=O)c1ccc(-c2cc(-c3nn(C)c(=O)o3)cnc2C2CC2)s1. The second-order valence-corrected chi connectivity index (χ2v) is 8.88. The minimum Gasteiger partial charge on any atom is -0.388 e. The first-order valence-electron chi connectivity index (χ1n) is 10.1. The molecule has 1 fully saturated rings. The predicted octanol–water partition coefficient (Wildman–Crippen LogP) is 4.17. The minimum absolute atomic E-state index is 0.0818. The molecular formula is C23H20N4O3S. The second-order valence-electron chi connectivity index (χ2n) is 7.79. The summed E-state index contributed by atoms with van der Waals surface area (Å²) in [6, 6.07) is 7.70. The Bertz CT molecular complexity index is 1350. The van der Waals surface area contributed by atoms with Crippen molar-refractivity contribution in [2.75, 3.05) is 0 Å². The Hall–Kier alpha value is -3.39. The molecule has 0 radical (unpaired) electrons. The van der Waals surface area contributed by atoms with Crippen molar-refractivity contribution in [2.24, 2.45) is 7.05 Å². The molecular weight excluding hydrogens is 412 g/mol. The smallest absolute Gasteiger partial charge is 0.388 e. The van der Waals surface area contributed by atoms with E-state index < -0.39 is 5.76 Å². The van der Waals surface area contributed by atoms with Gasteiger partial charge in [-0.3, -0.25) is 14.8 Å². The number of ketones is 1. The fourth-order valence-electron chi connectivity index (χ4n) is 3.53. The number of hydrogen-bond acceptors (Lipinski definition) is 7. The first kappa shape index (κ1) is 19.6. The van der Waals surface area contributed by atoms with Crippen LogP contribution in [0.3, 0.4) is 0 Å². The Morgan fingerprint density at radius 2 is 2.10 bits per heavy atom. The molecule has 0 aliphatic heterocycles. The molecule has 31 heavy (non-hydrogen) atoms. The maximum absolute atomic E-state index is 12.9. The van der Waals surface area contributed by atoms with E-state index in [1.807, 2.05) is 31.2 Å². The Balaban J connectivity index is 1.49. The van der Waals surface area contributed by atoms with E-state index in [1.165, 1.54) is 11.3 Å². The van der Waals surface area contributed by atoms with Gasteiger partial charge in [-0.05, 0) is 55.2 Å². The molecule has 0 unspecified atom stereocenters. The lowest BCUT2D eigenvalue weighted by molar-refractivity contribution is 0.0996. The molecule has 7 nitrogen and oxygen atoms in total. The largest absolute Gasteiger partial charge is 0.437 e. The monoisotopic (exact) mass is 432 g/mol. The van der Waals surface area contributed by atoms with Crippen molar-refractivity contribution in [3.05, 3.63) is 75.1 Å². The van der Waals surface area contributed by atoms with Crippen LogP contribution in [-0.2, 0) is 13.5 Å². The predicted molar refractivity (Wildman–Crippen MR) is 117 cm³/mol. The van der Waals surface area contributed by atoms with Crippen LogP contribution in [0.2, 0.25) is 0 Å². The molecule has 1 saturated carbocycles. The van der Waals surface area contributed by atoms with Crippen LogP contribution in [0.15, 0.2) is 52.1 Å². The van der Waals surface area contributed by atoms with Gasteiger partial charge in [-0.2, -0.15) is 4.68 Å². The summed E-state index contributed by atoms with van der Waals surface area (Å²) >= 11 is 1.47. The first-order chi connectivity index (χ1) is 15.0. The summed E-state index contributed by atoms with van der Waals surface area (Å²) in [5, 5.41) is 4.14. The van der Waals surface area contributed by atoms with E-state index in [0.717, 1.165) is 44.8 Å². The standard InChI is InChI=1S/C23H20N4O3S/c1-13-11-24-8-7-15(13)10-18(28)20-6-5-19(31-20)17-9-16(12-25-21(17)14-3-4-14)22-26-27(2)23(29)30-22/h5-9,11-12,14H,3-4,10H2,1-2H3. The van der Waals surface area contributed by atoms with Crippen molar-refractivity contribution in [3.8, 4) is 21.9 Å². The number of pyridine rings is 2. The topological polar surface area (TPSA) is 90.9 Å². The van der Waals surface area contributed by atoms with Crippen molar-refractivity contribution in [1.82, 2.24) is 19.7 Å². The van der Waals surface area contributed by atoms with Gasteiger partial charge >= 0.3 is 5.76 Å². The number of hydrogen-bond donors (Lipinski definition) is 0. The molecule has 0 bridgehead atoms. The van der Waals surface area contributed by atoms with Crippen LogP contribution < -0.4 is 5.76 Å². The molecule has 0 spiro atoms. The number of Topliss-reactive ketones (excluding diaryl/α,β-unsaturated/α-hetero) is 1. The lowest BCUT2D eigenvalue weighted by Crippen LogP contribution is -2.09. The fourth-order valence-corrected chi connectivity index (χ4v) is 4.50. The van der Waals surface area contributed by atoms with Crippen molar-refractivity contribution in [3.63, 3.8) is 0 Å². The van der Waals surface area contributed by atoms with Crippen molar-refractivity contribution in [1.29, 1.82) is 0 Å². The molecule has 0 amide bonds. The van der Waals surface area contributed by atoms with E-state index in [-0.39, 0.29) is 11.7 Å². The third-order valence-corrected chi connectivity index (χ3v) is 6.61. The van der Waals surface area contributed by atoms with E-state index in [2.05, 4.69) is 15.1 Å². The van der Waals surface area contributed by atoms with Crippen molar-refractivity contribution in [2.45, 2.75) is 32.1 Å². The van der Waals surface area contributed by atoms with Gasteiger partial charge in [0.15, 0.2) is 5.78 Å². The van der Waals surface area contributed by atoms with Gasteiger partial charge in [0, 0.05) is 48.4 Å². The molecule has 8 heteroatoms. The molecule has 0 saturated heterocycles. The lowest BCUT2D eigenvalue weighted by Gasteiger charge is -2.07. The van der Waals surface area contributed by atoms with E-state index in [1.54, 1.807) is 25.6 Å². The maximum Gasteiger partial charge on any atom is 0.437 e. The maximum atomic E-state index is 12.9. The molecule has 1 aliphatic carbocycles. The Morgan fingerprint density at radius 1 is 1.26 bits per heavy atom. The van der Waals surface area contributed by atoms with E-state index in [9.17, 15) is 9.59 Å². The first-order valence-corrected chi connectivity index (χ1v) is 10.9. The molecule has 4 aromatic heterocycles. The number of nitrogens with zero attached hydrogens (tertiary/aromatic N) is 4. The highest BCUT2D eigenvalue weighted by atomic mass is 32.1. The third-order valence-electron chi connectivity index (χ3n) is 5.45. The van der Waals surface area contributed by atoms with Gasteiger partial charge in [0.2, 0.25) is 0 Å². The Labute approximate surface area is 182 Å². The summed E-state index contributed by atoms with van der Waals surface area (Å²) < 4.78 is 6.39. The number of carbonyl (C=O) groups is 1. The van der Waals surface area contributed by atoms with Crippen LogP contribution in [0.25, 0.3) is 21.9 Å².